The van der Waals surface area contributed by atoms with E-state index in [4.69, 9.17) is 4.42 Å². The van der Waals surface area contributed by atoms with Crippen LogP contribution in [0.2, 0.25) is 0 Å². The number of furan rings is 1. The second-order valence-electron chi connectivity index (χ2n) is 7.48. The van der Waals surface area contributed by atoms with Gasteiger partial charge < -0.3 is 25.1 Å². The molecule has 1 unspecified atom stereocenters. The van der Waals surface area contributed by atoms with E-state index in [1.807, 2.05) is 33.0 Å². The van der Waals surface area contributed by atoms with Crippen LogP contribution in [-0.4, -0.2) is 35.7 Å². The standard InChI is InChI=1S/C22H29FN4O2.HI/c1-5-24-21(27-13-22(4,28)19-10-14(2)29-15(19)3)25-9-8-16-12-26-20-7-6-17(23)11-18(16)20;/h6-7,10-12,26,28H,5,8-9,13H2,1-4H3,(H2,24,25,27);1H. The molecule has 8 heteroatoms. The van der Waals surface area contributed by atoms with Crippen molar-refractivity contribution in [1.29, 1.82) is 0 Å². The third-order valence-corrected chi connectivity index (χ3v) is 4.93. The first kappa shape index (κ1) is 24.2. The zero-order valence-electron chi connectivity index (χ0n) is 17.8. The first-order chi connectivity index (χ1) is 13.8. The van der Waals surface area contributed by atoms with Gasteiger partial charge in [-0.25, -0.2) is 9.38 Å². The molecule has 164 valence electrons. The van der Waals surface area contributed by atoms with Crippen molar-refractivity contribution in [2.45, 2.75) is 39.7 Å². The summed E-state index contributed by atoms with van der Waals surface area (Å²) < 4.78 is 19.1. The number of aromatic amines is 1. The number of benzene rings is 1. The van der Waals surface area contributed by atoms with E-state index in [1.54, 1.807) is 19.1 Å². The van der Waals surface area contributed by atoms with Gasteiger partial charge in [0.25, 0.3) is 0 Å². The van der Waals surface area contributed by atoms with E-state index in [2.05, 4.69) is 20.6 Å². The first-order valence-corrected chi connectivity index (χ1v) is 9.87. The van der Waals surface area contributed by atoms with Gasteiger partial charge in [-0.15, -0.1) is 24.0 Å². The van der Waals surface area contributed by atoms with Gasteiger partial charge in [-0.3, -0.25) is 0 Å². The van der Waals surface area contributed by atoms with Crippen molar-refractivity contribution in [2.24, 2.45) is 4.99 Å². The Balaban J connectivity index is 0.00000320. The average Bonchev–Trinajstić information content (AvgIpc) is 3.22. The highest BCUT2D eigenvalue weighted by Crippen LogP contribution is 2.27. The highest BCUT2D eigenvalue weighted by molar-refractivity contribution is 14.0. The molecule has 0 aliphatic heterocycles. The van der Waals surface area contributed by atoms with Crippen LogP contribution in [0.1, 0.15) is 36.5 Å². The van der Waals surface area contributed by atoms with Crippen molar-refractivity contribution in [3.05, 3.63) is 58.9 Å². The Morgan fingerprint density at radius 1 is 1.27 bits per heavy atom. The van der Waals surface area contributed by atoms with Gasteiger partial charge in [0.1, 0.15) is 22.9 Å². The van der Waals surface area contributed by atoms with E-state index < -0.39 is 5.60 Å². The van der Waals surface area contributed by atoms with Crippen molar-refractivity contribution in [1.82, 2.24) is 15.6 Å². The van der Waals surface area contributed by atoms with Crippen LogP contribution in [0.25, 0.3) is 10.9 Å². The fraction of sp³-hybridized carbons (Fsp3) is 0.409. The molecule has 1 aromatic carbocycles. The molecule has 1 atom stereocenters. The van der Waals surface area contributed by atoms with E-state index in [1.165, 1.54) is 6.07 Å². The third kappa shape index (κ3) is 5.75. The highest BCUT2D eigenvalue weighted by atomic mass is 127. The monoisotopic (exact) mass is 528 g/mol. The van der Waals surface area contributed by atoms with Crippen LogP contribution in [0.4, 0.5) is 4.39 Å². The molecule has 0 fully saturated rings. The number of aliphatic hydroxyl groups is 1. The van der Waals surface area contributed by atoms with Gasteiger partial charge in [-0.2, -0.15) is 0 Å². The van der Waals surface area contributed by atoms with Crippen molar-refractivity contribution in [3.63, 3.8) is 0 Å². The Labute approximate surface area is 193 Å². The van der Waals surface area contributed by atoms with Crippen LogP contribution in [0.5, 0.6) is 0 Å². The van der Waals surface area contributed by atoms with Crippen LogP contribution in [0, 0.1) is 19.7 Å². The number of hydrogen-bond donors (Lipinski definition) is 4. The molecule has 3 aromatic rings. The molecule has 6 nitrogen and oxygen atoms in total. The molecule has 0 saturated carbocycles. The van der Waals surface area contributed by atoms with Crippen LogP contribution in [0.3, 0.4) is 0 Å². The number of hydrogen-bond acceptors (Lipinski definition) is 3. The SMILES string of the molecule is CCNC(=NCC(C)(O)c1cc(C)oc1C)NCCc1c[nH]c2ccc(F)cc12.I. The average molecular weight is 528 g/mol. The molecule has 30 heavy (non-hydrogen) atoms. The van der Waals surface area contributed by atoms with Gasteiger partial charge in [-0.1, -0.05) is 0 Å². The van der Waals surface area contributed by atoms with Crippen LogP contribution in [-0.2, 0) is 12.0 Å². The molecule has 0 bridgehead atoms. The molecule has 0 aliphatic carbocycles. The summed E-state index contributed by atoms with van der Waals surface area (Å²) in [6, 6.07) is 6.59. The third-order valence-electron chi connectivity index (χ3n) is 4.93. The first-order valence-electron chi connectivity index (χ1n) is 9.87. The summed E-state index contributed by atoms with van der Waals surface area (Å²) in [7, 11) is 0. The normalized spacial score (nSPS) is 13.7. The van der Waals surface area contributed by atoms with Crippen molar-refractivity contribution < 1.29 is 13.9 Å². The van der Waals surface area contributed by atoms with Crippen LogP contribution < -0.4 is 10.6 Å². The van der Waals surface area contributed by atoms with E-state index in [9.17, 15) is 9.50 Å². The van der Waals surface area contributed by atoms with Crippen LogP contribution in [0.15, 0.2) is 39.9 Å². The number of nitrogens with one attached hydrogen (secondary N) is 3. The summed E-state index contributed by atoms with van der Waals surface area (Å²) in [6.07, 6.45) is 2.62. The smallest absolute Gasteiger partial charge is 0.191 e. The van der Waals surface area contributed by atoms with Gasteiger partial charge in [0.05, 0.1) is 6.54 Å². The van der Waals surface area contributed by atoms with E-state index in [-0.39, 0.29) is 36.3 Å². The van der Waals surface area contributed by atoms with Crippen molar-refractivity contribution in [2.75, 3.05) is 19.6 Å². The summed E-state index contributed by atoms with van der Waals surface area (Å²) in [6.45, 7) is 8.95. The summed E-state index contributed by atoms with van der Waals surface area (Å²) >= 11 is 0. The van der Waals surface area contributed by atoms with Gasteiger partial charge in [0, 0.05) is 35.8 Å². The Morgan fingerprint density at radius 2 is 2.03 bits per heavy atom. The maximum absolute atomic E-state index is 13.5. The Kier molecular flexibility index (Phi) is 8.31. The molecule has 0 spiro atoms. The zero-order valence-corrected chi connectivity index (χ0v) is 20.1. The molecule has 4 N–H and O–H groups in total. The molecule has 2 heterocycles. The molecule has 3 rings (SSSR count). The predicted molar refractivity (Wildman–Crippen MR) is 129 cm³/mol. The molecular formula is C22H30FIN4O2. The van der Waals surface area contributed by atoms with Crippen molar-refractivity contribution in [3.8, 4) is 0 Å². The predicted octanol–water partition coefficient (Wildman–Crippen LogP) is 4.14. The zero-order chi connectivity index (χ0) is 21.0. The number of aromatic nitrogens is 1. The molecule has 0 amide bonds. The Hall–Kier alpha value is -2.07. The number of rotatable bonds is 7. The second kappa shape index (κ2) is 10.3. The lowest BCUT2D eigenvalue weighted by atomic mass is 9.96. The fourth-order valence-corrected chi connectivity index (χ4v) is 3.50. The lowest BCUT2D eigenvalue weighted by molar-refractivity contribution is 0.0657. The minimum absolute atomic E-state index is 0. The highest BCUT2D eigenvalue weighted by Gasteiger charge is 2.27. The molecular weight excluding hydrogens is 498 g/mol. The Bertz CT molecular complexity index is 1010. The second-order valence-corrected chi connectivity index (χ2v) is 7.48. The molecule has 0 radical (unpaired) electrons. The summed E-state index contributed by atoms with van der Waals surface area (Å²) in [5.41, 5.74) is 1.58. The topological polar surface area (TPSA) is 85.6 Å². The van der Waals surface area contributed by atoms with Gasteiger partial charge >= 0.3 is 0 Å². The Morgan fingerprint density at radius 3 is 2.70 bits per heavy atom. The summed E-state index contributed by atoms with van der Waals surface area (Å²) in [5.74, 6) is 1.85. The fourth-order valence-electron chi connectivity index (χ4n) is 3.50. The maximum atomic E-state index is 13.5. The minimum Gasteiger partial charge on any atom is -0.466 e. The van der Waals surface area contributed by atoms with Gasteiger partial charge in [-0.05, 0) is 63.9 Å². The molecule has 0 aliphatic rings. The van der Waals surface area contributed by atoms with Crippen molar-refractivity contribution >= 4 is 40.8 Å². The lowest BCUT2D eigenvalue weighted by Crippen LogP contribution is -2.39. The summed E-state index contributed by atoms with van der Waals surface area (Å²) in [4.78, 5) is 7.71. The maximum Gasteiger partial charge on any atom is 0.191 e. The van der Waals surface area contributed by atoms with E-state index >= 15 is 0 Å². The van der Waals surface area contributed by atoms with E-state index in [0.29, 0.717) is 31.2 Å². The van der Waals surface area contributed by atoms with E-state index in [0.717, 1.165) is 27.8 Å². The number of nitrogens with zero attached hydrogens (tertiary/aromatic N) is 1. The number of guanidine groups is 1. The molecule has 2 aromatic heterocycles. The molecule has 0 saturated heterocycles. The number of halogens is 2. The number of aryl methyl sites for hydroxylation is 2. The number of fused-ring (bicyclic) bond motifs is 1. The lowest BCUT2D eigenvalue weighted by Gasteiger charge is -2.21. The van der Waals surface area contributed by atoms with Gasteiger partial charge in [0.2, 0.25) is 0 Å². The minimum atomic E-state index is -1.13. The number of H-pyrrole nitrogens is 1. The van der Waals surface area contributed by atoms with Crippen LogP contribution >= 0.6 is 24.0 Å². The summed E-state index contributed by atoms with van der Waals surface area (Å²) in [5, 5.41) is 18.2. The number of aliphatic imine (C=N–C) groups is 1. The van der Waals surface area contributed by atoms with Gasteiger partial charge in [0.15, 0.2) is 5.96 Å². The quantitative estimate of drug-likeness (QED) is 0.211. The largest absolute Gasteiger partial charge is 0.466 e.